The summed E-state index contributed by atoms with van der Waals surface area (Å²) in [5.41, 5.74) is 6.89. The van der Waals surface area contributed by atoms with Crippen LogP contribution < -0.4 is 5.73 Å². The van der Waals surface area contributed by atoms with Crippen LogP contribution in [0.3, 0.4) is 0 Å². The monoisotopic (exact) mass is 240 g/mol. The van der Waals surface area contributed by atoms with E-state index in [1.807, 2.05) is 31.2 Å². The van der Waals surface area contributed by atoms with E-state index in [1.54, 1.807) is 0 Å². The lowest BCUT2D eigenvalue weighted by Gasteiger charge is -2.00. The predicted molar refractivity (Wildman–Crippen MR) is 60.0 cm³/mol. The second-order valence-corrected chi connectivity index (χ2v) is 3.68. The number of hydrogen-bond donors (Lipinski definition) is 1. The van der Waals surface area contributed by atoms with Gasteiger partial charge in [-0.25, -0.2) is 0 Å². The van der Waals surface area contributed by atoms with Gasteiger partial charge in [0.1, 0.15) is 0 Å². The summed E-state index contributed by atoms with van der Waals surface area (Å²) in [6, 6.07) is 8.10. The quantitative estimate of drug-likeness (QED) is 0.640. The second kappa shape index (κ2) is 5.02. The fourth-order valence-electron chi connectivity index (χ4n) is 1.07. The third kappa shape index (κ3) is 3.59. The SMILES string of the molecule is CCN=C(N)Cc1ccc(Br)cc1. The summed E-state index contributed by atoms with van der Waals surface area (Å²) in [7, 11) is 0. The molecular formula is C10H13BrN2. The Balaban J connectivity index is 2.64. The third-order valence-corrected chi connectivity index (χ3v) is 2.19. The van der Waals surface area contributed by atoms with Crippen LogP contribution in [0.15, 0.2) is 33.7 Å². The highest BCUT2D eigenvalue weighted by atomic mass is 79.9. The van der Waals surface area contributed by atoms with Crippen molar-refractivity contribution in [3.8, 4) is 0 Å². The Hall–Kier alpha value is -0.830. The van der Waals surface area contributed by atoms with Crippen molar-refractivity contribution in [2.24, 2.45) is 10.7 Å². The molecule has 70 valence electrons. The molecule has 2 N–H and O–H groups in total. The van der Waals surface area contributed by atoms with Crippen LogP contribution in [0.5, 0.6) is 0 Å². The Morgan fingerprint density at radius 3 is 2.54 bits per heavy atom. The molecule has 1 aromatic rings. The van der Waals surface area contributed by atoms with Gasteiger partial charge in [-0.3, -0.25) is 4.99 Å². The van der Waals surface area contributed by atoms with E-state index in [4.69, 9.17) is 5.73 Å². The van der Waals surface area contributed by atoms with Gasteiger partial charge in [0.2, 0.25) is 0 Å². The van der Waals surface area contributed by atoms with Gasteiger partial charge in [0.15, 0.2) is 0 Å². The molecular weight excluding hydrogens is 228 g/mol. The summed E-state index contributed by atoms with van der Waals surface area (Å²) in [5.74, 6) is 0.699. The van der Waals surface area contributed by atoms with E-state index in [-0.39, 0.29) is 0 Å². The summed E-state index contributed by atoms with van der Waals surface area (Å²) in [6.07, 6.45) is 0.737. The molecule has 1 aromatic carbocycles. The number of amidine groups is 1. The van der Waals surface area contributed by atoms with Gasteiger partial charge in [-0.15, -0.1) is 0 Å². The van der Waals surface area contributed by atoms with Gasteiger partial charge in [-0.2, -0.15) is 0 Å². The van der Waals surface area contributed by atoms with E-state index in [2.05, 4.69) is 20.9 Å². The fourth-order valence-corrected chi connectivity index (χ4v) is 1.33. The summed E-state index contributed by atoms with van der Waals surface area (Å²) in [6.45, 7) is 2.73. The first-order valence-corrected chi connectivity index (χ1v) is 5.05. The third-order valence-electron chi connectivity index (χ3n) is 1.66. The molecule has 0 aliphatic heterocycles. The number of nitrogens with two attached hydrogens (primary N) is 1. The van der Waals surface area contributed by atoms with Crippen molar-refractivity contribution < 1.29 is 0 Å². The molecule has 0 atom stereocenters. The first-order chi connectivity index (χ1) is 6.22. The van der Waals surface area contributed by atoms with Gasteiger partial charge in [0.05, 0.1) is 5.84 Å². The highest BCUT2D eigenvalue weighted by molar-refractivity contribution is 9.10. The fraction of sp³-hybridized carbons (Fsp3) is 0.300. The maximum Gasteiger partial charge on any atom is 0.0981 e. The Morgan fingerprint density at radius 1 is 1.38 bits per heavy atom. The summed E-state index contributed by atoms with van der Waals surface area (Å²) in [5, 5.41) is 0. The lowest BCUT2D eigenvalue weighted by Crippen LogP contribution is -2.15. The van der Waals surface area contributed by atoms with Crippen LogP contribution in [0.1, 0.15) is 12.5 Å². The first-order valence-electron chi connectivity index (χ1n) is 4.25. The minimum absolute atomic E-state index is 0.699. The molecule has 2 nitrogen and oxygen atoms in total. The standard InChI is InChI=1S/C10H13BrN2/c1-2-13-10(12)7-8-3-5-9(11)6-4-8/h3-6H,2,7H2,1H3,(H2,12,13). The van der Waals surface area contributed by atoms with E-state index in [1.165, 1.54) is 5.56 Å². The zero-order valence-electron chi connectivity index (χ0n) is 7.63. The number of halogens is 1. The van der Waals surface area contributed by atoms with Crippen LogP contribution in [0.4, 0.5) is 0 Å². The smallest absolute Gasteiger partial charge is 0.0981 e. The van der Waals surface area contributed by atoms with Gasteiger partial charge in [-0.05, 0) is 24.6 Å². The van der Waals surface area contributed by atoms with Crippen LogP contribution in [0.2, 0.25) is 0 Å². The average Bonchev–Trinajstić information content (AvgIpc) is 2.09. The number of hydrogen-bond acceptors (Lipinski definition) is 1. The number of rotatable bonds is 3. The highest BCUT2D eigenvalue weighted by Gasteiger charge is 1.95. The largest absolute Gasteiger partial charge is 0.387 e. The zero-order chi connectivity index (χ0) is 9.68. The molecule has 13 heavy (non-hydrogen) atoms. The molecule has 0 aliphatic rings. The molecule has 0 amide bonds. The van der Waals surface area contributed by atoms with Gasteiger partial charge >= 0.3 is 0 Å². The Bertz CT molecular complexity index is 290. The number of benzene rings is 1. The summed E-state index contributed by atoms with van der Waals surface area (Å²) < 4.78 is 1.09. The van der Waals surface area contributed by atoms with Crippen LogP contribution in [-0.4, -0.2) is 12.4 Å². The van der Waals surface area contributed by atoms with Crippen molar-refractivity contribution in [1.29, 1.82) is 0 Å². The maximum atomic E-state index is 5.69. The zero-order valence-corrected chi connectivity index (χ0v) is 9.21. The van der Waals surface area contributed by atoms with Gasteiger partial charge in [0, 0.05) is 17.4 Å². The molecule has 0 spiro atoms. The van der Waals surface area contributed by atoms with Crippen molar-refractivity contribution >= 4 is 21.8 Å². The lowest BCUT2D eigenvalue weighted by atomic mass is 10.1. The van der Waals surface area contributed by atoms with Gasteiger partial charge in [0.25, 0.3) is 0 Å². The number of aliphatic imine (C=N–C) groups is 1. The molecule has 0 aromatic heterocycles. The van der Waals surface area contributed by atoms with E-state index in [0.717, 1.165) is 17.4 Å². The normalized spacial score (nSPS) is 11.7. The summed E-state index contributed by atoms with van der Waals surface area (Å²) in [4.78, 5) is 4.13. The van der Waals surface area contributed by atoms with Gasteiger partial charge < -0.3 is 5.73 Å². The van der Waals surface area contributed by atoms with Crippen molar-refractivity contribution in [2.45, 2.75) is 13.3 Å². The molecule has 0 heterocycles. The molecule has 0 radical (unpaired) electrons. The van der Waals surface area contributed by atoms with Gasteiger partial charge in [-0.1, -0.05) is 28.1 Å². The molecule has 3 heteroatoms. The predicted octanol–water partition coefficient (Wildman–Crippen LogP) is 2.37. The van der Waals surface area contributed by atoms with Crippen LogP contribution in [-0.2, 0) is 6.42 Å². The molecule has 0 saturated carbocycles. The molecule has 0 unspecified atom stereocenters. The topological polar surface area (TPSA) is 38.4 Å². The van der Waals surface area contributed by atoms with Crippen molar-refractivity contribution in [2.75, 3.05) is 6.54 Å². The van der Waals surface area contributed by atoms with E-state index in [0.29, 0.717) is 5.84 Å². The first kappa shape index (κ1) is 10.3. The molecule has 0 fully saturated rings. The number of nitrogens with zero attached hydrogens (tertiary/aromatic N) is 1. The minimum Gasteiger partial charge on any atom is -0.387 e. The second-order valence-electron chi connectivity index (χ2n) is 2.77. The Labute approximate surface area is 87.0 Å². The maximum absolute atomic E-state index is 5.69. The molecule has 0 bridgehead atoms. The Kier molecular flexibility index (Phi) is 3.96. The van der Waals surface area contributed by atoms with E-state index in [9.17, 15) is 0 Å². The Morgan fingerprint density at radius 2 is 2.00 bits per heavy atom. The van der Waals surface area contributed by atoms with Crippen LogP contribution in [0.25, 0.3) is 0 Å². The van der Waals surface area contributed by atoms with Crippen molar-refractivity contribution in [1.82, 2.24) is 0 Å². The minimum atomic E-state index is 0.699. The molecule has 1 rings (SSSR count). The van der Waals surface area contributed by atoms with E-state index < -0.39 is 0 Å². The average molecular weight is 241 g/mol. The van der Waals surface area contributed by atoms with E-state index >= 15 is 0 Å². The summed E-state index contributed by atoms with van der Waals surface area (Å²) >= 11 is 3.38. The van der Waals surface area contributed by atoms with Crippen molar-refractivity contribution in [3.63, 3.8) is 0 Å². The van der Waals surface area contributed by atoms with Crippen molar-refractivity contribution in [3.05, 3.63) is 34.3 Å². The van der Waals surface area contributed by atoms with Crippen LogP contribution >= 0.6 is 15.9 Å². The highest BCUT2D eigenvalue weighted by Crippen LogP contribution is 2.10. The lowest BCUT2D eigenvalue weighted by molar-refractivity contribution is 1.10. The molecule has 0 saturated heterocycles. The van der Waals surface area contributed by atoms with Crippen LogP contribution in [0, 0.1) is 0 Å². The molecule has 0 aliphatic carbocycles.